The molecule has 0 aliphatic carbocycles. The minimum Gasteiger partial charge on any atom is -0.378 e. The molecule has 1 N–H and O–H groups in total. The van der Waals surface area contributed by atoms with Gasteiger partial charge in [0, 0.05) is 24.3 Å². The average molecular weight is 352 g/mol. The molecule has 0 unspecified atom stereocenters. The highest BCUT2D eigenvalue weighted by molar-refractivity contribution is 6.36. The summed E-state index contributed by atoms with van der Waals surface area (Å²) in [5.41, 5.74) is 0.964. The molecule has 1 amide bonds. The molecule has 1 aliphatic rings. The minimum atomic E-state index is -0.319. The molecule has 0 radical (unpaired) electrons. The van der Waals surface area contributed by atoms with E-state index in [1.165, 1.54) is 0 Å². The Labute approximate surface area is 144 Å². The summed E-state index contributed by atoms with van der Waals surface area (Å²) in [6, 6.07) is 8.38. The second-order valence-electron chi connectivity index (χ2n) is 5.05. The lowest BCUT2D eigenvalue weighted by molar-refractivity contribution is 0.102. The van der Waals surface area contributed by atoms with Gasteiger partial charge in [0.1, 0.15) is 0 Å². The van der Waals surface area contributed by atoms with Crippen molar-refractivity contribution in [2.45, 2.75) is 0 Å². The van der Waals surface area contributed by atoms with E-state index in [9.17, 15) is 4.79 Å². The van der Waals surface area contributed by atoms with Crippen molar-refractivity contribution in [2.75, 3.05) is 36.5 Å². The largest absolute Gasteiger partial charge is 0.378 e. The third-order valence-electron chi connectivity index (χ3n) is 3.52. The Balaban J connectivity index is 1.85. The van der Waals surface area contributed by atoms with E-state index in [1.54, 1.807) is 30.5 Å². The minimum absolute atomic E-state index is 0.319. The van der Waals surface area contributed by atoms with Crippen LogP contribution in [0, 0.1) is 0 Å². The average Bonchev–Trinajstić information content (AvgIpc) is 2.58. The number of benzene rings is 1. The predicted octanol–water partition coefficient (Wildman–Crippen LogP) is 3.48. The topological polar surface area (TPSA) is 54.5 Å². The maximum absolute atomic E-state index is 12.5. The lowest BCUT2D eigenvalue weighted by Gasteiger charge is -2.29. The molecular weight excluding hydrogens is 337 g/mol. The van der Waals surface area contributed by atoms with Gasteiger partial charge in [0.2, 0.25) is 0 Å². The Bertz CT molecular complexity index is 718. The summed E-state index contributed by atoms with van der Waals surface area (Å²) in [5.74, 6) is 0.405. The van der Waals surface area contributed by atoms with Crippen LogP contribution in [-0.4, -0.2) is 37.2 Å². The lowest BCUT2D eigenvalue weighted by atomic mass is 10.2. The molecule has 1 aliphatic heterocycles. The van der Waals surface area contributed by atoms with Crippen molar-refractivity contribution < 1.29 is 9.53 Å². The zero-order chi connectivity index (χ0) is 16.2. The van der Waals surface area contributed by atoms with Crippen LogP contribution in [0.3, 0.4) is 0 Å². The molecule has 1 aromatic heterocycles. The molecule has 5 nitrogen and oxygen atoms in total. The fourth-order valence-electron chi connectivity index (χ4n) is 2.38. The van der Waals surface area contributed by atoms with E-state index in [-0.39, 0.29) is 5.91 Å². The highest BCUT2D eigenvalue weighted by Crippen LogP contribution is 2.26. The summed E-state index contributed by atoms with van der Waals surface area (Å²) in [4.78, 5) is 19.0. The first-order chi connectivity index (χ1) is 11.1. The molecule has 0 saturated carbocycles. The van der Waals surface area contributed by atoms with Gasteiger partial charge in [0.15, 0.2) is 5.82 Å². The number of halogens is 2. The number of pyridine rings is 1. The Morgan fingerprint density at radius 3 is 2.78 bits per heavy atom. The number of ether oxygens (including phenoxy) is 1. The van der Waals surface area contributed by atoms with Crippen molar-refractivity contribution in [3.8, 4) is 0 Å². The smallest absolute Gasteiger partial charge is 0.257 e. The van der Waals surface area contributed by atoms with Crippen LogP contribution in [0.4, 0.5) is 11.5 Å². The maximum atomic E-state index is 12.5. The summed E-state index contributed by atoms with van der Waals surface area (Å²) in [7, 11) is 0. The van der Waals surface area contributed by atoms with Crippen molar-refractivity contribution in [2.24, 2.45) is 0 Å². The zero-order valence-electron chi connectivity index (χ0n) is 12.3. The number of amides is 1. The predicted molar refractivity (Wildman–Crippen MR) is 91.7 cm³/mol. The first kappa shape index (κ1) is 16.1. The SMILES string of the molecule is O=C(Nc1cccnc1N1CCOCC1)c1cc(Cl)ccc1Cl. The van der Waals surface area contributed by atoms with Crippen molar-refractivity contribution in [3.05, 3.63) is 52.1 Å². The van der Waals surface area contributed by atoms with E-state index in [2.05, 4.69) is 15.2 Å². The molecule has 7 heteroatoms. The third kappa shape index (κ3) is 3.75. The zero-order valence-corrected chi connectivity index (χ0v) is 13.8. The molecule has 3 rings (SSSR count). The van der Waals surface area contributed by atoms with E-state index >= 15 is 0 Å². The summed E-state index contributed by atoms with van der Waals surface area (Å²) < 4.78 is 5.35. The van der Waals surface area contributed by atoms with Gasteiger partial charge in [0.25, 0.3) is 5.91 Å². The summed E-state index contributed by atoms with van der Waals surface area (Å²) in [6.07, 6.45) is 1.70. The van der Waals surface area contributed by atoms with Gasteiger partial charge < -0.3 is 15.0 Å². The molecule has 0 atom stereocenters. The number of morpholine rings is 1. The third-order valence-corrected chi connectivity index (χ3v) is 4.08. The number of rotatable bonds is 3. The molecule has 1 aromatic carbocycles. The second kappa shape index (κ2) is 7.17. The molecule has 1 saturated heterocycles. The Morgan fingerprint density at radius 2 is 2.00 bits per heavy atom. The molecule has 0 spiro atoms. The van der Waals surface area contributed by atoms with Crippen LogP contribution in [0.2, 0.25) is 10.0 Å². The van der Waals surface area contributed by atoms with Crippen LogP contribution in [-0.2, 0) is 4.74 Å². The van der Waals surface area contributed by atoms with Crippen LogP contribution < -0.4 is 10.2 Å². The lowest BCUT2D eigenvalue weighted by Crippen LogP contribution is -2.37. The van der Waals surface area contributed by atoms with Gasteiger partial charge in [-0.15, -0.1) is 0 Å². The monoisotopic (exact) mass is 351 g/mol. The van der Waals surface area contributed by atoms with Gasteiger partial charge in [-0.05, 0) is 30.3 Å². The van der Waals surface area contributed by atoms with Crippen LogP contribution in [0.25, 0.3) is 0 Å². The number of aromatic nitrogens is 1. The van der Waals surface area contributed by atoms with Gasteiger partial charge >= 0.3 is 0 Å². The molecule has 120 valence electrons. The summed E-state index contributed by atoms with van der Waals surface area (Å²) >= 11 is 12.0. The van der Waals surface area contributed by atoms with Gasteiger partial charge in [0.05, 0.1) is 29.5 Å². The summed E-state index contributed by atoms with van der Waals surface area (Å²) in [6.45, 7) is 2.75. The number of anilines is 2. The highest BCUT2D eigenvalue weighted by atomic mass is 35.5. The standard InChI is InChI=1S/C16H15Cl2N3O2/c17-11-3-4-13(18)12(10-11)16(22)20-14-2-1-5-19-15(14)21-6-8-23-9-7-21/h1-5,10H,6-9H2,(H,20,22). The number of nitrogens with zero attached hydrogens (tertiary/aromatic N) is 2. The fourth-order valence-corrected chi connectivity index (χ4v) is 2.76. The number of carbonyl (C=O) groups is 1. The fraction of sp³-hybridized carbons (Fsp3) is 0.250. The first-order valence-corrected chi connectivity index (χ1v) is 7.95. The quantitative estimate of drug-likeness (QED) is 0.919. The Hall–Kier alpha value is -1.82. The first-order valence-electron chi connectivity index (χ1n) is 7.19. The Kier molecular flexibility index (Phi) is 5.00. The van der Waals surface area contributed by atoms with Crippen molar-refractivity contribution >= 4 is 40.6 Å². The molecule has 2 aromatic rings. The van der Waals surface area contributed by atoms with Gasteiger partial charge in [-0.2, -0.15) is 0 Å². The van der Waals surface area contributed by atoms with Crippen molar-refractivity contribution in [3.63, 3.8) is 0 Å². The van der Waals surface area contributed by atoms with Crippen LogP contribution in [0.5, 0.6) is 0 Å². The van der Waals surface area contributed by atoms with E-state index in [0.717, 1.165) is 18.9 Å². The van der Waals surface area contributed by atoms with Crippen molar-refractivity contribution in [1.29, 1.82) is 0 Å². The molecule has 0 bridgehead atoms. The van der Waals surface area contributed by atoms with Crippen LogP contribution in [0.1, 0.15) is 10.4 Å². The van der Waals surface area contributed by atoms with Crippen molar-refractivity contribution in [1.82, 2.24) is 4.98 Å². The maximum Gasteiger partial charge on any atom is 0.257 e. The Morgan fingerprint density at radius 1 is 1.22 bits per heavy atom. The van der Waals surface area contributed by atoms with Gasteiger partial charge in [-0.3, -0.25) is 4.79 Å². The molecule has 23 heavy (non-hydrogen) atoms. The van der Waals surface area contributed by atoms with Gasteiger partial charge in [-0.25, -0.2) is 4.98 Å². The molecular formula is C16H15Cl2N3O2. The van der Waals surface area contributed by atoms with Crippen LogP contribution >= 0.6 is 23.2 Å². The second-order valence-corrected chi connectivity index (χ2v) is 5.90. The number of hydrogen-bond acceptors (Lipinski definition) is 4. The molecule has 2 heterocycles. The number of carbonyl (C=O) groups excluding carboxylic acids is 1. The van der Waals surface area contributed by atoms with E-state index in [1.807, 2.05) is 6.07 Å². The van der Waals surface area contributed by atoms with Crippen LogP contribution in [0.15, 0.2) is 36.5 Å². The molecule has 1 fully saturated rings. The number of nitrogens with one attached hydrogen (secondary N) is 1. The summed E-state index contributed by atoms with van der Waals surface area (Å²) in [5, 5.41) is 3.67. The number of hydrogen-bond donors (Lipinski definition) is 1. The van der Waals surface area contributed by atoms with E-state index < -0.39 is 0 Å². The van der Waals surface area contributed by atoms with E-state index in [4.69, 9.17) is 27.9 Å². The highest BCUT2D eigenvalue weighted by Gasteiger charge is 2.18. The van der Waals surface area contributed by atoms with E-state index in [0.29, 0.717) is 34.5 Å². The van der Waals surface area contributed by atoms with Gasteiger partial charge in [-0.1, -0.05) is 23.2 Å². The normalized spacial score (nSPS) is 14.6.